The first-order valence-corrected chi connectivity index (χ1v) is 5.57. The topological polar surface area (TPSA) is 35.5 Å². The van der Waals surface area contributed by atoms with Gasteiger partial charge in [0.05, 0.1) is 12.2 Å². The Kier molecular flexibility index (Phi) is 4.94. The van der Waals surface area contributed by atoms with Gasteiger partial charge in [0.1, 0.15) is 19.0 Å². The monoisotopic (exact) mass is 240 g/mol. The van der Waals surface area contributed by atoms with Crippen LogP contribution in [0.1, 0.15) is 28.4 Å². The molecule has 0 aromatic heterocycles. The van der Waals surface area contributed by atoms with Gasteiger partial charge >= 0.3 is 5.97 Å². The molecule has 0 radical (unpaired) electrons. The van der Waals surface area contributed by atoms with Crippen molar-refractivity contribution >= 4 is 5.97 Å². The Morgan fingerprint density at radius 2 is 2.06 bits per heavy atom. The van der Waals surface area contributed by atoms with E-state index < -0.39 is 6.67 Å². The van der Waals surface area contributed by atoms with Gasteiger partial charge in [-0.15, -0.1) is 0 Å². The fourth-order valence-corrected chi connectivity index (χ4v) is 1.65. The second-order valence-electron chi connectivity index (χ2n) is 3.64. The fourth-order valence-electron chi connectivity index (χ4n) is 1.65. The van der Waals surface area contributed by atoms with Crippen LogP contribution in [0.25, 0.3) is 0 Å². The highest BCUT2D eigenvalue weighted by Gasteiger charge is 2.16. The average molecular weight is 240 g/mol. The van der Waals surface area contributed by atoms with Crippen LogP contribution in [0, 0.1) is 13.8 Å². The number of alkyl halides is 1. The van der Waals surface area contributed by atoms with Crippen LogP contribution in [-0.4, -0.2) is 25.9 Å². The Morgan fingerprint density at radius 1 is 1.35 bits per heavy atom. The third kappa shape index (κ3) is 3.19. The lowest BCUT2D eigenvalue weighted by molar-refractivity contribution is 0.0524. The van der Waals surface area contributed by atoms with Gasteiger partial charge in [0.25, 0.3) is 0 Å². The molecule has 0 amide bonds. The normalized spacial score (nSPS) is 10.1. The lowest BCUT2D eigenvalue weighted by atomic mass is 10.0. The van der Waals surface area contributed by atoms with E-state index in [2.05, 4.69) is 0 Å². The van der Waals surface area contributed by atoms with Gasteiger partial charge in [-0.25, -0.2) is 9.18 Å². The summed E-state index contributed by atoms with van der Waals surface area (Å²) in [6.07, 6.45) is 0. The minimum Gasteiger partial charge on any atom is -0.491 e. The van der Waals surface area contributed by atoms with Crippen molar-refractivity contribution in [3.63, 3.8) is 0 Å². The summed E-state index contributed by atoms with van der Waals surface area (Å²) in [7, 11) is 0. The summed E-state index contributed by atoms with van der Waals surface area (Å²) in [5.41, 5.74) is 2.02. The number of esters is 1. The quantitative estimate of drug-likeness (QED) is 0.742. The zero-order valence-corrected chi connectivity index (χ0v) is 10.4. The van der Waals surface area contributed by atoms with Crippen molar-refractivity contribution < 1.29 is 18.7 Å². The first-order valence-electron chi connectivity index (χ1n) is 5.57. The number of benzene rings is 1. The molecule has 0 saturated heterocycles. The highest BCUT2D eigenvalue weighted by atomic mass is 19.1. The molecule has 0 aliphatic heterocycles. The van der Waals surface area contributed by atoms with Gasteiger partial charge in [-0.2, -0.15) is 0 Å². The van der Waals surface area contributed by atoms with Gasteiger partial charge < -0.3 is 9.47 Å². The molecule has 0 spiro atoms. The zero-order valence-electron chi connectivity index (χ0n) is 10.4. The minimum atomic E-state index is -0.554. The second kappa shape index (κ2) is 6.23. The number of hydrogen-bond acceptors (Lipinski definition) is 3. The average Bonchev–Trinajstić information content (AvgIpc) is 2.28. The molecule has 1 aromatic carbocycles. The second-order valence-corrected chi connectivity index (χ2v) is 3.64. The first kappa shape index (κ1) is 13.5. The maximum atomic E-state index is 12.1. The van der Waals surface area contributed by atoms with Crippen molar-refractivity contribution in [2.45, 2.75) is 20.8 Å². The minimum absolute atomic E-state index is 0.00777. The van der Waals surface area contributed by atoms with Gasteiger partial charge in [0.2, 0.25) is 0 Å². The van der Waals surface area contributed by atoms with Crippen LogP contribution < -0.4 is 4.74 Å². The summed E-state index contributed by atoms with van der Waals surface area (Å²) >= 11 is 0. The van der Waals surface area contributed by atoms with E-state index in [1.807, 2.05) is 6.92 Å². The van der Waals surface area contributed by atoms with Crippen LogP contribution in [-0.2, 0) is 4.74 Å². The molecule has 0 heterocycles. The van der Waals surface area contributed by atoms with E-state index >= 15 is 0 Å². The smallest absolute Gasteiger partial charge is 0.338 e. The van der Waals surface area contributed by atoms with Crippen molar-refractivity contribution in [2.75, 3.05) is 19.9 Å². The van der Waals surface area contributed by atoms with Crippen molar-refractivity contribution in [1.82, 2.24) is 0 Å². The van der Waals surface area contributed by atoms with Gasteiger partial charge in [0, 0.05) is 5.56 Å². The predicted molar refractivity (Wildman–Crippen MR) is 63.3 cm³/mol. The third-order valence-electron chi connectivity index (χ3n) is 2.44. The van der Waals surface area contributed by atoms with Gasteiger partial charge in [-0.05, 0) is 32.4 Å². The van der Waals surface area contributed by atoms with Crippen molar-refractivity contribution in [3.8, 4) is 5.75 Å². The summed E-state index contributed by atoms with van der Waals surface area (Å²) in [4.78, 5) is 11.8. The standard InChI is InChI=1S/C13H17FO3/c1-4-16-13(15)12-9(2)5-6-11(10(12)3)17-8-7-14/h5-6H,4,7-8H2,1-3H3. The molecular formula is C13H17FO3. The van der Waals surface area contributed by atoms with Crippen LogP contribution in [0.15, 0.2) is 12.1 Å². The van der Waals surface area contributed by atoms with Gasteiger partial charge in [-0.1, -0.05) is 6.07 Å². The van der Waals surface area contributed by atoms with E-state index in [1.165, 1.54) is 0 Å². The maximum absolute atomic E-state index is 12.1. The molecule has 17 heavy (non-hydrogen) atoms. The molecule has 0 fully saturated rings. The van der Waals surface area contributed by atoms with Gasteiger partial charge in [-0.3, -0.25) is 0 Å². The zero-order chi connectivity index (χ0) is 12.8. The molecule has 0 unspecified atom stereocenters. The molecule has 0 bridgehead atoms. The first-order chi connectivity index (χ1) is 8.11. The SMILES string of the molecule is CCOC(=O)c1c(C)ccc(OCCF)c1C. The molecule has 1 rings (SSSR count). The summed E-state index contributed by atoms with van der Waals surface area (Å²) in [6, 6.07) is 3.51. The van der Waals surface area contributed by atoms with E-state index in [-0.39, 0.29) is 12.6 Å². The van der Waals surface area contributed by atoms with Crippen LogP contribution in [0.3, 0.4) is 0 Å². The fraction of sp³-hybridized carbons (Fsp3) is 0.462. The van der Waals surface area contributed by atoms with E-state index in [0.717, 1.165) is 5.56 Å². The van der Waals surface area contributed by atoms with E-state index in [9.17, 15) is 9.18 Å². The van der Waals surface area contributed by atoms with E-state index in [4.69, 9.17) is 9.47 Å². The Labute approximate surface area is 101 Å². The van der Waals surface area contributed by atoms with E-state index in [1.54, 1.807) is 26.0 Å². The third-order valence-corrected chi connectivity index (χ3v) is 2.44. The Balaban J connectivity index is 3.06. The largest absolute Gasteiger partial charge is 0.491 e. The Morgan fingerprint density at radius 3 is 2.65 bits per heavy atom. The van der Waals surface area contributed by atoms with Crippen LogP contribution >= 0.6 is 0 Å². The Bertz CT molecular complexity index is 402. The Hall–Kier alpha value is -1.58. The maximum Gasteiger partial charge on any atom is 0.338 e. The number of aryl methyl sites for hydroxylation is 1. The van der Waals surface area contributed by atoms with Crippen molar-refractivity contribution in [1.29, 1.82) is 0 Å². The highest BCUT2D eigenvalue weighted by Crippen LogP contribution is 2.25. The predicted octanol–water partition coefficient (Wildman–Crippen LogP) is 2.83. The molecule has 94 valence electrons. The van der Waals surface area contributed by atoms with Crippen molar-refractivity contribution in [3.05, 3.63) is 28.8 Å². The number of ether oxygens (including phenoxy) is 2. The summed E-state index contributed by atoms with van der Waals surface area (Å²) in [5.74, 6) is 0.157. The summed E-state index contributed by atoms with van der Waals surface area (Å²) in [6.45, 7) is 5.12. The van der Waals surface area contributed by atoms with Crippen LogP contribution in [0.2, 0.25) is 0 Å². The molecule has 0 N–H and O–H groups in total. The lowest BCUT2D eigenvalue weighted by Gasteiger charge is -2.13. The highest BCUT2D eigenvalue weighted by molar-refractivity contribution is 5.93. The number of carbonyl (C=O) groups is 1. The summed E-state index contributed by atoms with van der Waals surface area (Å²) in [5, 5.41) is 0. The number of carbonyl (C=O) groups excluding carboxylic acids is 1. The molecule has 0 aliphatic carbocycles. The van der Waals surface area contributed by atoms with Gasteiger partial charge in [0.15, 0.2) is 0 Å². The van der Waals surface area contributed by atoms with Crippen LogP contribution in [0.5, 0.6) is 5.75 Å². The molecule has 3 nitrogen and oxygen atoms in total. The molecule has 0 aliphatic rings. The number of rotatable bonds is 5. The summed E-state index contributed by atoms with van der Waals surface area (Å²) < 4.78 is 22.3. The van der Waals surface area contributed by atoms with E-state index in [0.29, 0.717) is 23.5 Å². The lowest BCUT2D eigenvalue weighted by Crippen LogP contribution is -2.10. The molecule has 0 saturated carbocycles. The molecule has 4 heteroatoms. The van der Waals surface area contributed by atoms with Crippen LogP contribution in [0.4, 0.5) is 4.39 Å². The molecular weight excluding hydrogens is 223 g/mol. The van der Waals surface area contributed by atoms with Crippen molar-refractivity contribution in [2.24, 2.45) is 0 Å². The molecule has 1 aromatic rings. The number of hydrogen-bond donors (Lipinski definition) is 0. The molecule has 0 atom stereocenters. The number of halogens is 1.